The number of hydrogen-bond acceptors (Lipinski definition) is 7. The number of anilines is 1. The van der Waals surface area contributed by atoms with Gasteiger partial charge in [-0.05, 0) is 31.2 Å². The Morgan fingerprint density at radius 2 is 1.84 bits per heavy atom. The van der Waals surface area contributed by atoms with Crippen molar-refractivity contribution in [3.8, 4) is 0 Å². The fraction of sp³-hybridized carbons (Fsp3) is 0.571. The Kier molecular flexibility index (Phi) is 8.22. The molecule has 0 radical (unpaired) electrons. The minimum Gasteiger partial charge on any atom is -0.388 e. The first-order valence-electron chi connectivity index (χ1n) is 13.2. The van der Waals surface area contributed by atoms with E-state index in [1.165, 1.54) is 21.9 Å². The largest absolute Gasteiger partial charge is 0.388 e. The molecule has 206 valence electrons. The topological polar surface area (TPSA) is 108 Å². The van der Waals surface area contributed by atoms with Crippen molar-refractivity contribution < 1.29 is 19.4 Å². The molecule has 0 saturated carbocycles. The van der Waals surface area contributed by atoms with Crippen LogP contribution in [0.25, 0.3) is 0 Å². The number of benzene rings is 1. The van der Waals surface area contributed by atoms with Crippen LogP contribution in [0.15, 0.2) is 47.5 Å². The first kappa shape index (κ1) is 27.8. The Balaban J connectivity index is 1.34. The lowest BCUT2D eigenvalue weighted by molar-refractivity contribution is -0.155. The monoisotopic (exact) mass is 525 g/mol. The van der Waals surface area contributed by atoms with Gasteiger partial charge in [0.2, 0.25) is 5.91 Å². The minimum absolute atomic E-state index is 0.0804. The van der Waals surface area contributed by atoms with E-state index in [9.17, 15) is 19.5 Å². The number of carbonyl (C=O) groups is 2. The molecular weight excluding hydrogens is 486 g/mol. The SMILES string of the molecule is CC(CC(=O)N1CCC(O)(Cn2cnc(N3CCOC(C)(C(=O)N(C)C)C3)cc2=O)CC1)c1ccccc1. The van der Waals surface area contributed by atoms with Gasteiger partial charge in [0, 0.05) is 46.2 Å². The number of aliphatic hydroxyl groups is 1. The Bertz CT molecular complexity index is 1190. The highest BCUT2D eigenvalue weighted by atomic mass is 16.5. The van der Waals surface area contributed by atoms with Crippen molar-refractivity contribution in [3.05, 3.63) is 58.6 Å². The van der Waals surface area contributed by atoms with Crippen molar-refractivity contribution in [1.82, 2.24) is 19.4 Å². The van der Waals surface area contributed by atoms with Crippen molar-refractivity contribution in [2.45, 2.75) is 56.8 Å². The third-order valence-corrected chi connectivity index (χ3v) is 7.68. The molecular formula is C28H39N5O5. The van der Waals surface area contributed by atoms with E-state index in [1.807, 2.05) is 47.1 Å². The van der Waals surface area contributed by atoms with Crippen molar-refractivity contribution in [3.63, 3.8) is 0 Å². The summed E-state index contributed by atoms with van der Waals surface area (Å²) in [5, 5.41) is 11.2. The molecule has 1 aromatic heterocycles. The summed E-state index contributed by atoms with van der Waals surface area (Å²) >= 11 is 0. The molecule has 0 aliphatic carbocycles. The molecule has 0 spiro atoms. The maximum absolute atomic E-state index is 12.9. The van der Waals surface area contributed by atoms with Gasteiger partial charge in [-0.3, -0.25) is 19.0 Å². The Hall–Kier alpha value is -3.24. The highest BCUT2D eigenvalue weighted by Gasteiger charge is 2.41. The molecule has 3 heterocycles. The smallest absolute Gasteiger partial charge is 0.255 e. The third kappa shape index (κ3) is 6.24. The standard InChI is InChI=1S/C28H39N5O5/c1-21(22-8-6-5-7-9-22)16-24(34)31-12-10-28(37,11-13-31)19-33-20-29-23(17-25(33)35)32-14-15-38-27(2,18-32)26(36)30(3)4/h5-9,17,20-21,37H,10-16,18-19H2,1-4H3. The zero-order valence-corrected chi connectivity index (χ0v) is 22.8. The van der Waals surface area contributed by atoms with Crippen LogP contribution >= 0.6 is 0 Å². The van der Waals surface area contributed by atoms with Crippen LogP contribution in [0.2, 0.25) is 0 Å². The van der Waals surface area contributed by atoms with Gasteiger partial charge in [-0.25, -0.2) is 4.98 Å². The van der Waals surface area contributed by atoms with E-state index in [0.717, 1.165) is 5.56 Å². The van der Waals surface area contributed by atoms with Gasteiger partial charge in [0.25, 0.3) is 11.5 Å². The summed E-state index contributed by atoms with van der Waals surface area (Å²) in [6, 6.07) is 11.4. The maximum Gasteiger partial charge on any atom is 0.255 e. The van der Waals surface area contributed by atoms with Crippen molar-refractivity contribution in [2.75, 3.05) is 51.8 Å². The summed E-state index contributed by atoms with van der Waals surface area (Å²) < 4.78 is 7.19. The summed E-state index contributed by atoms with van der Waals surface area (Å²) in [6.45, 7) is 5.96. The summed E-state index contributed by atoms with van der Waals surface area (Å²) in [5.74, 6) is 0.541. The molecule has 2 aliphatic heterocycles. The van der Waals surface area contributed by atoms with Crippen LogP contribution in [-0.4, -0.2) is 94.4 Å². The van der Waals surface area contributed by atoms with Crippen molar-refractivity contribution in [1.29, 1.82) is 0 Å². The molecule has 4 rings (SSSR count). The first-order chi connectivity index (χ1) is 18.0. The molecule has 2 unspecified atom stereocenters. The van der Waals surface area contributed by atoms with Crippen molar-refractivity contribution >= 4 is 17.6 Å². The lowest BCUT2D eigenvalue weighted by Crippen LogP contribution is -2.58. The average molecular weight is 526 g/mol. The number of aromatic nitrogens is 2. The Morgan fingerprint density at radius 1 is 1.16 bits per heavy atom. The van der Waals surface area contributed by atoms with Gasteiger partial charge in [0.15, 0.2) is 5.60 Å². The molecule has 0 bridgehead atoms. The molecule has 2 saturated heterocycles. The van der Waals surface area contributed by atoms with E-state index in [4.69, 9.17) is 4.74 Å². The quantitative estimate of drug-likeness (QED) is 0.583. The predicted molar refractivity (Wildman–Crippen MR) is 144 cm³/mol. The number of piperidine rings is 1. The molecule has 2 aliphatic rings. The fourth-order valence-corrected chi connectivity index (χ4v) is 5.31. The minimum atomic E-state index is -1.09. The molecule has 2 aromatic rings. The van der Waals surface area contributed by atoms with Crippen LogP contribution in [-0.2, 0) is 20.9 Å². The number of amides is 2. The van der Waals surface area contributed by atoms with Gasteiger partial charge >= 0.3 is 0 Å². The Morgan fingerprint density at radius 3 is 2.47 bits per heavy atom. The molecule has 10 heteroatoms. The predicted octanol–water partition coefficient (Wildman–Crippen LogP) is 1.47. The van der Waals surface area contributed by atoms with Crippen LogP contribution in [0, 0.1) is 0 Å². The zero-order chi connectivity index (χ0) is 27.5. The van der Waals surface area contributed by atoms with E-state index >= 15 is 0 Å². The van der Waals surface area contributed by atoms with E-state index < -0.39 is 11.2 Å². The van der Waals surface area contributed by atoms with E-state index in [1.54, 1.807) is 21.0 Å². The van der Waals surface area contributed by atoms with Crippen LogP contribution in [0.1, 0.15) is 44.6 Å². The average Bonchev–Trinajstić information content (AvgIpc) is 2.90. The van der Waals surface area contributed by atoms with E-state index in [-0.39, 0.29) is 36.4 Å². The molecule has 2 fully saturated rings. The Labute approximate surface area is 223 Å². The number of hydrogen-bond donors (Lipinski definition) is 1. The molecule has 38 heavy (non-hydrogen) atoms. The van der Waals surface area contributed by atoms with Gasteiger partial charge in [-0.2, -0.15) is 0 Å². The van der Waals surface area contributed by atoms with Gasteiger partial charge < -0.3 is 24.5 Å². The second-order valence-corrected chi connectivity index (χ2v) is 11.0. The second-order valence-electron chi connectivity index (χ2n) is 11.0. The number of ether oxygens (including phenoxy) is 1. The van der Waals surface area contributed by atoms with Gasteiger partial charge in [0.05, 0.1) is 31.6 Å². The lowest BCUT2D eigenvalue weighted by atomic mass is 9.90. The van der Waals surface area contributed by atoms with Crippen LogP contribution < -0.4 is 10.5 Å². The number of likely N-dealkylation sites (N-methyl/N-ethyl adjacent to an activating group) is 1. The first-order valence-corrected chi connectivity index (χ1v) is 13.2. The number of carbonyl (C=O) groups excluding carboxylic acids is 2. The number of rotatable bonds is 7. The summed E-state index contributed by atoms with van der Waals surface area (Å²) in [7, 11) is 3.37. The molecule has 1 N–H and O–H groups in total. The molecule has 2 amide bonds. The van der Waals surface area contributed by atoms with Gasteiger partial charge in [-0.15, -0.1) is 0 Å². The third-order valence-electron chi connectivity index (χ3n) is 7.68. The molecule has 10 nitrogen and oxygen atoms in total. The second kappa shape index (κ2) is 11.2. The summed E-state index contributed by atoms with van der Waals surface area (Å²) in [6.07, 6.45) is 2.66. The number of morpholine rings is 1. The maximum atomic E-state index is 12.9. The number of nitrogens with zero attached hydrogens (tertiary/aromatic N) is 5. The van der Waals surface area contributed by atoms with Crippen molar-refractivity contribution in [2.24, 2.45) is 0 Å². The lowest BCUT2D eigenvalue weighted by Gasteiger charge is -2.41. The zero-order valence-electron chi connectivity index (χ0n) is 22.8. The summed E-state index contributed by atoms with van der Waals surface area (Å²) in [4.78, 5) is 48.1. The highest BCUT2D eigenvalue weighted by Crippen LogP contribution is 2.27. The van der Waals surface area contributed by atoms with Crippen LogP contribution in [0.3, 0.4) is 0 Å². The fourth-order valence-electron chi connectivity index (χ4n) is 5.31. The van der Waals surface area contributed by atoms with Crippen LogP contribution in [0.4, 0.5) is 5.82 Å². The van der Waals surface area contributed by atoms with Crippen LogP contribution in [0.5, 0.6) is 0 Å². The normalized spacial score (nSPS) is 22.1. The van der Waals surface area contributed by atoms with E-state index in [0.29, 0.717) is 51.3 Å². The highest BCUT2D eigenvalue weighted by molar-refractivity contribution is 5.85. The number of likely N-dealkylation sites (tertiary alicyclic amines) is 1. The molecule has 1 aromatic carbocycles. The van der Waals surface area contributed by atoms with E-state index in [2.05, 4.69) is 4.98 Å². The molecule has 2 atom stereocenters. The van der Waals surface area contributed by atoms with Gasteiger partial charge in [0.1, 0.15) is 5.82 Å². The van der Waals surface area contributed by atoms with Gasteiger partial charge in [-0.1, -0.05) is 37.3 Å². The summed E-state index contributed by atoms with van der Waals surface area (Å²) in [5.41, 5.74) is -1.25.